The molecule has 0 spiro atoms. The molecule has 0 bridgehead atoms. The minimum absolute atomic E-state index is 0.0687. The van der Waals surface area contributed by atoms with Crippen LogP contribution in [0.5, 0.6) is 0 Å². The Bertz CT molecular complexity index is 373. The van der Waals surface area contributed by atoms with Crippen molar-refractivity contribution in [3.8, 4) is 0 Å². The van der Waals surface area contributed by atoms with E-state index in [0.29, 0.717) is 25.6 Å². The van der Waals surface area contributed by atoms with Gasteiger partial charge < -0.3 is 5.32 Å². The summed E-state index contributed by atoms with van der Waals surface area (Å²) in [5.74, 6) is 0.439. The van der Waals surface area contributed by atoms with E-state index in [1.54, 1.807) is 8.61 Å². The number of piperidine rings is 1. The fourth-order valence-corrected chi connectivity index (χ4v) is 4.79. The Kier molecular flexibility index (Phi) is 7.43. The van der Waals surface area contributed by atoms with E-state index in [-0.39, 0.29) is 6.04 Å². The molecule has 5 nitrogen and oxygen atoms in total. The lowest BCUT2D eigenvalue weighted by Gasteiger charge is -2.37. The Labute approximate surface area is 124 Å². The van der Waals surface area contributed by atoms with E-state index in [1.165, 1.54) is 0 Å². The molecule has 0 radical (unpaired) electrons. The van der Waals surface area contributed by atoms with Crippen molar-refractivity contribution in [2.24, 2.45) is 5.92 Å². The molecular weight excluding hydrogens is 274 g/mol. The minimum Gasteiger partial charge on any atom is -0.317 e. The van der Waals surface area contributed by atoms with Crippen molar-refractivity contribution < 1.29 is 8.42 Å². The third-order valence-electron chi connectivity index (χ3n) is 4.18. The Hall–Kier alpha value is -0.170. The van der Waals surface area contributed by atoms with E-state index < -0.39 is 10.2 Å². The summed E-state index contributed by atoms with van der Waals surface area (Å²) in [6, 6.07) is 0.0687. The predicted molar refractivity (Wildman–Crippen MR) is 83.9 cm³/mol. The monoisotopic (exact) mass is 305 g/mol. The van der Waals surface area contributed by atoms with Crippen molar-refractivity contribution in [3.63, 3.8) is 0 Å². The molecule has 120 valence electrons. The molecule has 1 fully saturated rings. The number of hydrogen-bond donors (Lipinski definition) is 1. The van der Waals surface area contributed by atoms with Gasteiger partial charge in [-0.25, -0.2) is 0 Å². The highest BCUT2D eigenvalue weighted by molar-refractivity contribution is 7.86. The SMILES string of the molecule is CCNCC1CCCN(S(=O)(=O)N(CC)C(C)CC)C1. The van der Waals surface area contributed by atoms with E-state index in [1.807, 2.05) is 20.8 Å². The maximum Gasteiger partial charge on any atom is 0.282 e. The lowest BCUT2D eigenvalue weighted by atomic mass is 10.00. The highest BCUT2D eigenvalue weighted by Gasteiger charge is 2.34. The third kappa shape index (κ3) is 4.41. The van der Waals surface area contributed by atoms with Crippen LogP contribution in [0, 0.1) is 5.92 Å². The van der Waals surface area contributed by atoms with Crippen LogP contribution in [0.25, 0.3) is 0 Å². The van der Waals surface area contributed by atoms with Gasteiger partial charge in [0, 0.05) is 25.7 Å². The summed E-state index contributed by atoms with van der Waals surface area (Å²) in [6.07, 6.45) is 2.93. The van der Waals surface area contributed by atoms with Crippen molar-refractivity contribution in [1.82, 2.24) is 13.9 Å². The number of nitrogens with one attached hydrogen (secondary N) is 1. The molecule has 0 aromatic heterocycles. The quantitative estimate of drug-likeness (QED) is 0.742. The van der Waals surface area contributed by atoms with Gasteiger partial charge in [-0.3, -0.25) is 0 Å². The number of rotatable bonds is 8. The molecule has 1 N–H and O–H groups in total. The summed E-state index contributed by atoms with van der Waals surface area (Å²) in [7, 11) is -3.30. The van der Waals surface area contributed by atoms with E-state index in [0.717, 1.165) is 32.4 Å². The molecule has 1 aliphatic heterocycles. The maximum atomic E-state index is 12.8. The topological polar surface area (TPSA) is 52.7 Å². The molecule has 0 aliphatic carbocycles. The van der Waals surface area contributed by atoms with Crippen molar-refractivity contribution in [3.05, 3.63) is 0 Å². The Balaban J connectivity index is 2.75. The van der Waals surface area contributed by atoms with Crippen LogP contribution in [-0.2, 0) is 10.2 Å². The molecule has 1 heterocycles. The van der Waals surface area contributed by atoms with Crippen molar-refractivity contribution >= 4 is 10.2 Å². The fraction of sp³-hybridized carbons (Fsp3) is 1.00. The summed E-state index contributed by atoms with van der Waals surface area (Å²) in [5, 5.41) is 3.33. The second-order valence-corrected chi connectivity index (χ2v) is 7.52. The first-order valence-corrected chi connectivity index (χ1v) is 9.34. The van der Waals surface area contributed by atoms with E-state index in [4.69, 9.17) is 0 Å². The van der Waals surface area contributed by atoms with Crippen molar-refractivity contribution in [2.75, 3.05) is 32.7 Å². The molecule has 20 heavy (non-hydrogen) atoms. The van der Waals surface area contributed by atoms with Gasteiger partial charge in [0.15, 0.2) is 0 Å². The maximum absolute atomic E-state index is 12.8. The van der Waals surface area contributed by atoms with E-state index in [2.05, 4.69) is 12.2 Å². The van der Waals surface area contributed by atoms with Gasteiger partial charge >= 0.3 is 0 Å². The summed E-state index contributed by atoms with van der Waals surface area (Å²) in [6.45, 7) is 11.7. The van der Waals surface area contributed by atoms with Gasteiger partial charge in [0.2, 0.25) is 0 Å². The van der Waals surface area contributed by atoms with E-state index >= 15 is 0 Å². The zero-order chi connectivity index (χ0) is 15.2. The second-order valence-electron chi connectivity index (χ2n) is 5.64. The molecule has 1 rings (SSSR count). The summed E-state index contributed by atoms with van der Waals surface area (Å²) in [5.41, 5.74) is 0. The van der Waals surface area contributed by atoms with Gasteiger partial charge in [-0.15, -0.1) is 0 Å². The zero-order valence-corrected chi connectivity index (χ0v) is 14.2. The molecule has 0 amide bonds. The molecule has 1 aliphatic rings. The average Bonchev–Trinajstić information content (AvgIpc) is 2.45. The van der Waals surface area contributed by atoms with Crippen LogP contribution in [0.1, 0.15) is 47.0 Å². The second kappa shape index (κ2) is 8.32. The Morgan fingerprint density at radius 3 is 2.60 bits per heavy atom. The minimum atomic E-state index is -3.30. The number of nitrogens with zero attached hydrogens (tertiary/aromatic N) is 2. The van der Waals surface area contributed by atoms with Gasteiger partial charge in [-0.2, -0.15) is 17.0 Å². The summed E-state index contributed by atoms with van der Waals surface area (Å²) < 4.78 is 28.9. The molecule has 0 aromatic rings. The first kappa shape index (κ1) is 17.9. The smallest absolute Gasteiger partial charge is 0.282 e. The van der Waals surface area contributed by atoms with Gasteiger partial charge in [0.1, 0.15) is 0 Å². The van der Waals surface area contributed by atoms with Crippen LogP contribution in [0.4, 0.5) is 0 Å². The molecule has 2 atom stereocenters. The summed E-state index contributed by atoms with van der Waals surface area (Å²) in [4.78, 5) is 0. The fourth-order valence-electron chi connectivity index (χ4n) is 2.81. The van der Waals surface area contributed by atoms with Crippen LogP contribution in [0.3, 0.4) is 0 Å². The van der Waals surface area contributed by atoms with Gasteiger partial charge in [-0.1, -0.05) is 20.8 Å². The zero-order valence-electron chi connectivity index (χ0n) is 13.4. The highest BCUT2D eigenvalue weighted by atomic mass is 32.2. The lowest BCUT2D eigenvalue weighted by Crippen LogP contribution is -2.51. The van der Waals surface area contributed by atoms with Crippen LogP contribution in [0.15, 0.2) is 0 Å². The van der Waals surface area contributed by atoms with Gasteiger partial charge in [-0.05, 0) is 45.2 Å². The lowest BCUT2D eigenvalue weighted by molar-refractivity contribution is 0.232. The standard InChI is InChI=1S/C14H31N3O2S/c1-5-13(4)17(7-3)20(18,19)16-10-8-9-14(12-16)11-15-6-2/h13-15H,5-12H2,1-4H3. The normalized spacial score (nSPS) is 23.1. The number of hydrogen-bond acceptors (Lipinski definition) is 3. The molecule has 0 saturated carbocycles. The van der Waals surface area contributed by atoms with E-state index in [9.17, 15) is 8.42 Å². The first-order valence-electron chi connectivity index (χ1n) is 7.94. The Morgan fingerprint density at radius 1 is 1.35 bits per heavy atom. The van der Waals surface area contributed by atoms with Gasteiger partial charge in [0.25, 0.3) is 10.2 Å². The van der Waals surface area contributed by atoms with Crippen molar-refractivity contribution in [1.29, 1.82) is 0 Å². The van der Waals surface area contributed by atoms with Crippen LogP contribution in [-0.4, -0.2) is 55.8 Å². The van der Waals surface area contributed by atoms with Gasteiger partial charge in [0.05, 0.1) is 0 Å². The largest absolute Gasteiger partial charge is 0.317 e. The highest BCUT2D eigenvalue weighted by Crippen LogP contribution is 2.22. The summed E-state index contributed by atoms with van der Waals surface area (Å²) >= 11 is 0. The third-order valence-corrected chi connectivity index (χ3v) is 6.38. The van der Waals surface area contributed by atoms with Crippen LogP contribution in [0.2, 0.25) is 0 Å². The molecule has 1 saturated heterocycles. The Morgan fingerprint density at radius 2 is 2.05 bits per heavy atom. The van der Waals surface area contributed by atoms with Crippen molar-refractivity contribution in [2.45, 2.75) is 53.0 Å². The molecule has 0 aromatic carbocycles. The molecule has 2 unspecified atom stereocenters. The predicted octanol–water partition coefficient (Wildman–Crippen LogP) is 1.67. The first-order chi connectivity index (χ1) is 9.47. The van der Waals surface area contributed by atoms with Crippen LogP contribution < -0.4 is 5.32 Å². The molecular formula is C14H31N3O2S. The molecule has 6 heteroatoms. The average molecular weight is 305 g/mol. The van der Waals surface area contributed by atoms with Crippen LogP contribution >= 0.6 is 0 Å².